The highest BCUT2D eigenvalue weighted by Crippen LogP contribution is 2.27. The Bertz CT molecular complexity index is 624. The van der Waals surface area contributed by atoms with Gasteiger partial charge in [-0.3, -0.25) is 0 Å². The van der Waals surface area contributed by atoms with Crippen molar-refractivity contribution in [1.82, 2.24) is 4.98 Å². The maximum atomic E-state index is 12.0. The molecule has 0 bridgehead atoms. The Morgan fingerprint density at radius 3 is 2.84 bits per heavy atom. The smallest absolute Gasteiger partial charge is 0.338 e. The van der Waals surface area contributed by atoms with Gasteiger partial charge < -0.3 is 5.32 Å². The van der Waals surface area contributed by atoms with Crippen molar-refractivity contribution in [3.8, 4) is 0 Å². The van der Waals surface area contributed by atoms with Crippen LogP contribution in [0.2, 0.25) is 5.02 Å². The fraction of sp³-hybridized carbons (Fsp3) is 0. The number of halogens is 3. The van der Waals surface area contributed by atoms with E-state index >= 15 is 0 Å². The van der Waals surface area contributed by atoms with Crippen LogP contribution in [0.3, 0.4) is 0 Å². The van der Waals surface area contributed by atoms with Crippen molar-refractivity contribution in [2.75, 3.05) is 5.32 Å². The van der Waals surface area contributed by atoms with Crippen LogP contribution in [0.4, 0.5) is 16.0 Å². The second-order valence-electron chi connectivity index (χ2n) is 3.52. The van der Waals surface area contributed by atoms with E-state index in [9.17, 15) is 9.32 Å². The van der Waals surface area contributed by atoms with Gasteiger partial charge in [-0.25, -0.2) is 14.7 Å². The first-order chi connectivity index (χ1) is 9.11. The highest BCUT2D eigenvalue weighted by molar-refractivity contribution is 9.10. The standard InChI is InChI=1S/C12H7BrClFN2O2/c13-7-5-9(14)11(16-6-7)17-10-4-2-1-3-8(10)12(18)19-15/h1-6H,(H,16,17). The maximum absolute atomic E-state index is 12.0. The number of nitrogens with one attached hydrogen (secondary N) is 1. The molecular formula is C12H7BrClFN2O2. The molecule has 0 radical (unpaired) electrons. The molecule has 0 spiro atoms. The van der Waals surface area contributed by atoms with E-state index in [1.807, 2.05) is 0 Å². The molecule has 0 aliphatic rings. The zero-order chi connectivity index (χ0) is 13.8. The molecule has 0 unspecified atom stereocenters. The zero-order valence-corrected chi connectivity index (χ0v) is 11.7. The van der Waals surface area contributed by atoms with E-state index in [4.69, 9.17) is 11.6 Å². The number of nitrogens with zero attached hydrogens (tertiary/aromatic N) is 1. The molecule has 1 aromatic carbocycles. The Labute approximate surface area is 121 Å². The number of carbonyl (C=O) groups is 1. The van der Waals surface area contributed by atoms with Crippen LogP contribution in [-0.2, 0) is 4.94 Å². The molecule has 4 nitrogen and oxygen atoms in total. The average Bonchev–Trinajstić information content (AvgIpc) is 2.41. The van der Waals surface area contributed by atoms with Gasteiger partial charge in [-0.05, 0) is 34.1 Å². The number of carbonyl (C=O) groups excluding carboxylic acids is 1. The molecule has 98 valence electrons. The van der Waals surface area contributed by atoms with Gasteiger partial charge in [-0.15, -0.1) is 0 Å². The zero-order valence-electron chi connectivity index (χ0n) is 9.36. The van der Waals surface area contributed by atoms with Gasteiger partial charge in [0, 0.05) is 15.2 Å². The highest BCUT2D eigenvalue weighted by Gasteiger charge is 2.14. The summed E-state index contributed by atoms with van der Waals surface area (Å²) in [6.07, 6.45) is 1.55. The Morgan fingerprint density at radius 1 is 1.42 bits per heavy atom. The van der Waals surface area contributed by atoms with Gasteiger partial charge in [0.05, 0.1) is 16.3 Å². The second kappa shape index (κ2) is 5.99. The summed E-state index contributed by atoms with van der Waals surface area (Å²) >= 11 is 9.23. The van der Waals surface area contributed by atoms with Crippen LogP contribution in [0.5, 0.6) is 0 Å². The summed E-state index contributed by atoms with van der Waals surface area (Å²) in [5, 5.41) is 3.21. The molecule has 2 rings (SSSR count). The number of benzene rings is 1. The second-order valence-corrected chi connectivity index (χ2v) is 4.84. The number of para-hydroxylation sites is 1. The summed E-state index contributed by atoms with van der Waals surface area (Å²) in [5.41, 5.74) is 0.396. The number of rotatable bonds is 3. The summed E-state index contributed by atoms with van der Waals surface area (Å²) in [7, 11) is 0. The van der Waals surface area contributed by atoms with Crippen LogP contribution in [0.15, 0.2) is 41.0 Å². The van der Waals surface area contributed by atoms with Gasteiger partial charge in [-0.1, -0.05) is 23.7 Å². The number of hydrogen-bond acceptors (Lipinski definition) is 4. The van der Waals surface area contributed by atoms with Gasteiger partial charge in [0.15, 0.2) is 0 Å². The molecule has 2 aromatic rings. The van der Waals surface area contributed by atoms with Gasteiger partial charge in [0.2, 0.25) is 0 Å². The number of aromatic nitrogens is 1. The molecule has 0 amide bonds. The van der Waals surface area contributed by atoms with Crippen molar-refractivity contribution < 1.29 is 14.3 Å². The molecule has 0 aliphatic carbocycles. The van der Waals surface area contributed by atoms with Gasteiger partial charge in [0.25, 0.3) is 0 Å². The molecule has 1 aromatic heterocycles. The van der Waals surface area contributed by atoms with Gasteiger partial charge in [0.1, 0.15) is 5.82 Å². The third kappa shape index (κ3) is 3.21. The van der Waals surface area contributed by atoms with Crippen LogP contribution in [-0.4, -0.2) is 11.0 Å². The van der Waals surface area contributed by atoms with Crippen LogP contribution >= 0.6 is 27.5 Å². The van der Waals surface area contributed by atoms with E-state index < -0.39 is 5.97 Å². The summed E-state index contributed by atoms with van der Waals surface area (Å²) in [4.78, 5) is 18.6. The summed E-state index contributed by atoms with van der Waals surface area (Å²) in [6, 6.07) is 7.94. The molecule has 0 fully saturated rings. The minimum absolute atomic E-state index is 0.0470. The van der Waals surface area contributed by atoms with Crippen molar-refractivity contribution in [1.29, 1.82) is 0 Å². The molecule has 1 N–H and O–H groups in total. The van der Waals surface area contributed by atoms with E-state index in [1.54, 1.807) is 30.5 Å². The maximum Gasteiger partial charge on any atom is 0.381 e. The normalized spacial score (nSPS) is 10.1. The van der Waals surface area contributed by atoms with Crippen molar-refractivity contribution >= 4 is 45.0 Å². The quantitative estimate of drug-likeness (QED) is 0.902. The Balaban J connectivity index is 2.35. The van der Waals surface area contributed by atoms with Crippen molar-refractivity contribution in [3.63, 3.8) is 0 Å². The fourth-order valence-corrected chi connectivity index (χ4v) is 2.12. The molecule has 7 heteroatoms. The molecule has 0 saturated heterocycles. The third-order valence-corrected chi connectivity index (χ3v) is 3.00. The van der Waals surface area contributed by atoms with Gasteiger partial charge >= 0.3 is 5.97 Å². The Kier molecular flexibility index (Phi) is 4.34. The van der Waals surface area contributed by atoms with E-state index in [0.717, 1.165) is 4.47 Å². The van der Waals surface area contributed by atoms with Crippen LogP contribution < -0.4 is 5.32 Å². The van der Waals surface area contributed by atoms with Crippen molar-refractivity contribution in [2.45, 2.75) is 0 Å². The Hall–Kier alpha value is -1.66. The third-order valence-electron chi connectivity index (χ3n) is 2.28. The van der Waals surface area contributed by atoms with Gasteiger partial charge in [-0.2, -0.15) is 0 Å². The van der Waals surface area contributed by atoms with Crippen molar-refractivity contribution in [2.24, 2.45) is 0 Å². The van der Waals surface area contributed by atoms with Crippen LogP contribution in [0.25, 0.3) is 0 Å². The molecule has 19 heavy (non-hydrogen) atoms. The number of pyridine rings is 1. The first kappa shape index (κ1) is 13.8. The number of anilines is 2. The van der Waals surface area contributed by atoms with E-state index in [1.165, 1.54) is 6.07 Å². The SMILES string of the molecule is O=C(OF)c1ccccc1Nc1ncc(Br)cc1Cl. The first-order valence-corrected chi connectivity index (χ1v) is 6.29. The highest BCUT2D eigenvalue weighted by atomic mass is 79.9. The lowest BCUT2D eigenvalue weighted by Crippen LogP contribution is -2.04. The predicted molar refractivity (Wildman–Crippen MR) is 73.2 cm³/mol. The lowest BCUT2D eigenvalue weighted by Gasteiger charge is -2.10. The lowest BCUT2D eigenvalue weighted by atomic mass is 10.2. The van der Waals surface area contributed by atoms with E-state index in [0.29, 0.717) is 16.5 Å². The van der Waals surface area contributed by atoms with Crippen LogP contribution in [0, 0.1) is 0 Å². The molecule has 0 aliphatic heterocycles. The van der Waals surface area contributed by atoms with Crippen molar-refractivity contribution in [3.05, 3.63) is 51.6 Å². The minimum Gasteiger partial charge on any atom is -0.338 e. The summed E-state index contributed by atoms with van der Waals surface area (Å²) in [6.45, 7) is 0. The molecule has 1 heterocycles. The average molecular weight is 346 g/mol. The minimum atomic E-state index is -1.09. The molecule has 0 atom stereocenters. The Morgan fingerprint density at radius 2 is 2.16 bits per heavy atom. The largest absolute Gasteiger partial charge is 0.381 e. The first-order valence-electron chi connectivity index (χ1n) is 5.12. The lowest BCUT2D eigenvalue weighted by molar-refractivity contribution is -0.0787. The summed E-state index contributed by atoms with van der Waals surface area (Å²) < 4.78 is 12.7. The number of hydrogen-bond donors (Lipinski definition) is 1. The fourth-order valence-electron chi connectivity index (χ4n) is 1.45. The van der Waals surface area contributed by atoms with Crippen LogP contribution in [0.1, 0.15) is 10.4 Å². The van der Waals surface area contributed by atoms with E-state index in [2.05, 4.69) is 31.2 Å². The molecular weight excluding hydrogens is 338 g/mol. The topological polar surface area (TPSA) is 51.2 Å². The monoisotopic (exact) mass is 344 g/mol. The predicted octanol–water partition coefficient (Wildman–Crippen LogP) is 4.28. The summed E-state index contributed by atoms with van der Waals surface area (Å²) in [5.74, 6) is -0.736. The van der Waals surface area contributed by atoms with E-state index in [-0.39, 0.29) is 5.56 Å². The molecule has 0 saturated carbocycles.